The van der Waals surface area contributed by atoms with Crippen LogP contribution in [-0.4, -0.2) is 40.0 Å². The van der Waals surface area contributed by atoms with E-state index in [1.54, 1.807) is 0 Å². The molecule has 96 valence electrons. The summed E-state index contributed by atoms with van der Waals surface area (Å²) in [6, 6.07) is 0. The summed E-state index contributed by atoms with van der Waals surface area (Å²) in [5, 5.41) is 8.52. The highest BCUT2D eigenvalue weighted by Gasteiger charge is 2.08. The average Bonchev–Trinajstić information content (AvgIpc) is 2.26. The average molecular weight is 250 g/mol. The minimum absolute atomic E-state index is 0.0117. The molecule has 0 amide bonds. The first-order chi connectivity index (χ1) is 7.70. The summed E-state index contributed by atoms with van der Waals surface area (Å²) in [7, 11) is -1.19. The molecule has 0 aliphatic carbocycles. The van der Waals surface area contributed by atoms with Crippen LogP contribution in [0.15, 0.2) is 0 Å². The van der Waals surface area contributed by atoms with Crippen LogP contribution in [0.25, 0.3) is 0 Å². The first-order valence-electron chi connectivity index (χ1n) is 5.82. The molecule has 0 aliphatic heterocycles. The van der Waals surface area contributed by atoms with Gasteiger partial charge in [0, 0.05) is 23.2 Å². The van der Waals surface area contributed by atoms with E-state index in [2.05, 4.69) is 6.92 Å². The van der Waals surface area contributed by atoms with Gasteiger partial charge in [0.1, 0.15) is 5.75 Å². The van der Waals surface area contributed by atoms with E-state index in [9.17, 15) is 9.00 Å². The number of hydrogen-bond acceptors (Lipinski definition) is 4. The van der Waals surface area contributed by atoms with Gasteiger partial charge in [-0.1, -0.05) is 26.2 Å². The van der Waals surface area contributed by atoms with Crippen LogP contribution in [0.3, 0.4) is 0 Å². The van der Waals surface area contributed by atoms with E-state index >= 15 is 0 Å². The maximum Gasteiger partial charge on any atom is 0.318 e. The molecule has 0 bridgehead atoms. The molecule has 0 aromatic carbocycles. The van der Waals surface area contributed by atoms with Crippen molar-refractivity contribution in [2.24, 2.45) is 0 Å². The van der Waals surface area contributed by atoms with Crippen LogP contribution in [0.1, 0.15) is 39.0 Å². The fraction of sp³-hybridized carbons (Fsp3) is 0.909. The Labute approximate surface area is 99.8 Å². The Bertz CT molecular complexity index is 206. The second-order valence-corrected chi connectivity index (χ2v) is 5.22. The number of carbonyl (C=O) groups is 1. The van der Waals surface area contributed by atoms with Gasteiger partial charge in [-0.15, -0.1) is 0 Å². The molecule has 16 heavy (non-hydrogen) atoms. The molecule has 0 aromatic rings. The van der Waals surface area contributed by atoms with E-state index in [1.807, 2.05) is 0 Å². The molecule has 0 saturated carbocycles. The number of unbranched alkanes of at least 4 members (excludes halogenated alkanes) is 3. The summed E-state index contributed by atoms with van der Waals surface area (Å²) in [4.78, 5) is 11.2. The Morgan fingerprint density at radius 2 is 2.00 bits per heavy atom. The third kappa shape index (κ3) is 10.1. The molecule has 4 nitrogen and oxygen atoms in total. The van der Waals surface area contributed by atoms with Crippen molar-refractivity contribution in [1.29, 1.82) is 0 Å². The predicted molar refractivity (Wildman–Crippen MR) is 64.7 cm³/mol. The molecule has 0 aromatic heterocycles. The molecule has 0 rings (SSSR count). The highest BCUT2D eigenvalue weighted by Crippen LogP contribution is 1.99. The van der Waals surface area contributed by atoms with Crippen LogP contribution >= 0.6 is 0 Å². The summed E-state index contributed by atoms with van der Waals surface area (Å²) >= 11 is 0. The van der Waals surface area contributed by atoms with E-state index in [0.717, 1.165) is 25.7 Å². The van der Waals surface area contributed by atoms with Gasteiger partial charge in [-0.25, -0.2) is 0 Å². The van der Waals surface area contributed by atoms with Crippen LogP contribution in [0.2, 0.25) is 0 Å². The highest BCUT2D eigenvalue weighted by atomic mass is 32.2. The van der Waals surface area contributed by atoms with Crippen molar-refractivity contribution in [3.8, 4) is 0 Å². The fourth-order valence-electron chi connectivity index (χ4n) is 1.19. The van der Waals surface area contributed by atoms with Crippen LogP contribution < -0.4 is 0 Å². The first-order valence-corrected chi connectivity index (χ1v) is 7.31. The molecule has 0 saturated heterocycles. The van der Waals surface area contributed by atoms with Crippen molar-refractivity contribution in [1.82, 2.24) is 0 Å². The summed E-state index contributed by atoms with van der Waals surface area (Å²) in [5.74, 6) is -0.0809. The number of rotatable bonds is 10. The highest BCUT2D eigenvalue weighted by molar-refractivity contribution is 7.85. The number of carbonyl (C=O) groups excluding carboxylic acids is 1. The number of hydrogen-bond donors (Lipinski definition) is 1. The molecule has 0 fully saturated rings. The van der Waals surface area contributed by atoms with E-state index in [1.165, 1.54) is 0 Å². The van der Waals surface area contributed by atoms with Crippen LogP contribution in [0, 0.1) is 0 Å². The lowest BCUT2D eigenvalue weighted by Gasteiger charge is -2.04. The topological polar surface area (TPSA) is 63.6 Å². The number of esters is 1. The molecule has 5 heteroatoms. The number of ether oxygens (including phenoxy) is 1. The Balaban J connectivity index is 3.40. The SMILES string of the molecule is CCCCCCOC(=O)CS(=O)CCCO. The maximum atomic E-state index is 11.2. The normalized spacial score (nSPS) is 12.4. The van der Waals surface area contributed by atoms with Crippen molar-refractivity contribution >= 4 is 16.8 Å². The van der Waals surface area contributed by atoms with Crippen molar-refractivity contribution in [2.75, 3.05) is 24.7 Å². The lowest BCUT2D eigenvalue weighted by atomic mass is 10.2. The van der Waals surface area contributed by atoms with Crippen molar-refractivity contribution in [3.05, 3.63) is 0 Å². The Morgan fingerprint density at radius 3 is 2.62 bits per heavy atom. The van der Waals surface area contributed by atoms with E-state index in [4.69, 9.17) is 9.84 Å². The zero-order chi connectivity index (χ0) is 12.2. The Hall–Kier alpha value is -0.420. The van der Waals surface area contributed by atoms with Crippen LogP contribution in [0.5, 0.6) is 0 Å². The van der Waals surface area contributed by atoms with Crippen molar-refractivity contribution in [2.45, 2.75) is 39.0 Å². The third-order valence-corrected chi connectivity index (χ3v) is 3.37. The lowest BCUT2D eigenvalue weighted by molar-refractivity contribution is -0.140. The lowest BCUT2D eigenvalue weighted by Crippen LogP contribution is -2.17. The molecule has 0 heterocycles. The third-order valence-electron chi connectivity index (χ3n) is 2.07. The van der Waals surface area contributed by atoms with E-state index in [0.29, 0.717) is 18.8 Å². The summed E-state index contributed by atoms with van der Waals surface area (Å²) in [5.41, 5.74) is 0. The molecule has 1 unspecified atom stereocenters. The number of aliphatic hydroxyl groups is 1. The van der Waals surface area contributed by atoms with Gasteiger partial charge in [-0.05, 0) is 12.8 Å². The minimum Gasteiger partial charge on any atom is -0.465 e. The summed E-state index contributed by atoms with van der Waals surface area (Å²) in [6.45, 7) is 2.56. The summed E-state index contributed by atoms with van der Waals surface area (Å²) < 4.78 is 16.2. The molecule has 0 spiro atoms. The molecule has 1 atom stereocenters. The van der Waals surface area contributed by atoms with Gasteiger partial charge in [0.05, 0.1) is 6.61 Å². The predicted octanol–water partition coefficient (Wildman–Crippen LogP) is 1.24. The van der Waals surface area contributed by atoms with Gasteiger partial charge < -0.3 is 9.84 Å². The minimum atomic E-state index is -1.19. The monoisotopic (exact) mass is 250 g/mol. The molecule has 0 radical (unpaired) electrons. The zero-order valence-electron chi connectivity index (χ0n) is 9.94. The smallest absolute Gasteiger partial charge is 0.318 e. The standard InChI is InChI=1S/C11H22O4S/c1-2-3-4-5-8-15-11(13)10-16(14)9-6-7-12/h12H,2-10H2,1H3. The second kappa shape index (κ2) is 11.1. The molecule has 1 N–H and O–H groups in total. The van der Waals surface area contributed by atoms with Gasteiger partial charge in [0.2, 0.25) is 0 Å². The number of aliphatic hydroxyl groups excluding tert-OH is 1. The maximum absolute atomic E-state index is 11.2. The molecular formula is C11H22O4S. The summed E-state index contributed by atoms with van der Waals surface area (Å²) in [6.07, 6.45) is 4.72. The zero-order valence-corrected chi connectivity index (χ0v) is 10.8. The van der Waals surface area contributed by atoms with Gasteiger partial charge in [0.25, 0.3) is 0 Å². The largest absolute Gasteiger partial charge is 0.465 e. The second-order valence-electron chi connectivity index (χ2n) is 3.65. The van der Waals surface area contributed by atoms with Crippen LogP contribution in [-0.2, 0) is 20.3 Å². The van der Waals surface area contributed by atoms with Gasteiger partial charge in [-0.3, -0.25) is 9.00 Å². The van der Waals surface area contributed by atoms with Gasteiger partial charge >= 0.3 is 5.97 Å². The van der Waals surface area contributed by atoms with E-state index in [-0.39, 0.29) is 12.4 Å². The van der Waals surface area contributed by atoms with Crippen molar-refractivity contribution < 1.29 is 18.8 Å². The van der Waals surface area contributed by atoms with Gasteiger partial charge in [0.15, 0.2) is 0 Å². The Morgan fingerprint density at radius 1 is 1.25 bits per heavy atom. The van der Waals surface area contributed by atoms with Gasteiger partial charge in [-0.2, -0.15) is 0 Å². The first kappa shape index (κ1) is 15.6. The van der Waals surface area contributed by atoms with E-state index < -0.39 is 16.8 Å². The molecule has 0 aliphatic rings. The molecular weight excluding hydrogens is 228 g/mol. The Kier molecular flexibility index (Phi) is 10.8. The van der Waals surface area contributed by atoms with Crippen LogP contribution in [0.4, 0.5) is 0 Å². The van der Waals surface area contributed by atoms with Crippen molar-refractivity contribution in [3.63, 3.8) is 0 Å². The quantitative estimate of drug-likeness (QED) is 0.468. The fourth-order valence-corrected chi connectivity index (χ4v) is 2.13.